The van der Waals surface area contributed by atoms with Crippen molar-refractivity contribution in [3.63, 3.8) is 0 Å². The first kappa shape index (κ1) is 29.0. The molecule has 1 aromatic carbocycles. The van der Waals surface area contributed by atoms with Gasteiger partial charge in [0.25, 0.3) is 0 Å². The maximum Gasteiger partial charge on any atom is 0.311 e. The lowest BCUT2D eigenvalue weighted by molar-refractivity contribution is -0.137. The van der Waals surface area contributed by atoms with E-state index >= 15 is 0 Å². The minimum absolute atomic E-state index is 0.263. The summed E-state index contributed by atoms with van der Waals surface area (Å²) in [5, 5.41) is 0. The number of ether oxygens (including phenoxy) is 3. The van der Waals surface area contributed by atoms with Gasteiger partial charge in [0.2, 0.25) is 0 Å². The highest BCUT2D eigenvalue weighted by Crippen LogP contribution is 2.33. The van der Waals surface area contributed by atoms with Gasteiger partial charge in [0.15, 0.2) is 11.5 Å². The molecule has 0 spiro atoms. The third-order valence-corrected chi connectivity index (χ3v) is 5.60. The fraction of sp³-hybridized carbons (Fsp3) is 0.714. The second-order valence-electron chi connectivity index (χ2n) is 8.79. The van der Waals surface area contributed by atoms with Crippen molar-refractivity contribution >= 4 is 11.9 Å². The van der Waals surface area contributed by atoms with Gasteiger partial charge < -0.3 is 14.2 Å². The van der Waals surface area contributed by atoms with Gasteiger partial charge in [-0.2, -0.15) is 0 Å². The molecule has 1 aromatic rings. The Morgan fingerprint density at radius 2 is 1.09 bits per heavy atom. The normalized spacial score (nSPS) is 10.8. The van der Waals surface area contributed by atoms with E-state index in [2.05, 4.69) is 20.8 Å². The summed E-state index contributed by atoms with van der Waals surface area (Å²) in [5.74, 6) is 0.571. The largest absolute Gasteiger partial charge is 0.493 e. The van der Waals surface area contributed by atoms with Crippen LogP contribution in [0.4, 0.5) is 0 Å². The Balaban J connectivity index is 2.67. The minimum Gasteiger partial charge on any atom is -0.493 e. The van der Waals surface area contributed by atoms with Crippen molar-refractivity contribution in [3.05, 3.63) is 18.2 Å². The first-order valence-corrected chi connectivity index (χ1v) is 13.3. The molecule has 0 unspecified atom stereocenters. The second-order valence-corrected chi connectivity index (χ2v) is 8.79. The van der Waals surface area contributed by atoms with E-state index in [-0.39, 0.29) is 23.4 Å². The maximum atomic E-state index is 12.4. The van der Waals surface area contributed by atoms with Crippen LogP contribution < -0.4 is 14.2 Å². The van der Waals surface area contributed by atoms with Gasteiger partial charge in [0.1, 0.15) is 5.75 Å². The first-order chi connectivity index (χ1) is 16.1. The topological polar surface area (TPSA) is 61.8 Å². The fourth-order valence-electron chi connectivity index (χ4n) is 3.55. The van der Waals surface area contributed by atoms with Crippen LogP contribution in [0.15, 0.2) is 18.2 Å². The van der Waals surface area contributed by atoms with E-state index in [0.717, 1.165) is 51.4 Å². The molecule has 33 heavy (non-hydrogen) atoms. The fourth-order valence-corrected chi connectivity index (χ4v) is 3.55. The molecule has 0 aliphatic rings. The van der Waals surface area contributed by atoms with E-state index < -0.39 is 0 Å². The van der Waals surface area contributed by atoms with Crippen molar-refractivity contribution in [2.24, 2.45) is 0 Å². The summed E-state index contributed by atoms with van der Waals surface area (Å²) in [6.07, 6.45) is 15.8. The highest BCUT2D eigenvalue weighted by molar-refractivity contribution is 5.76. The van der Waals surface area contributed by atoms with Crippen LogP contribution in [0.25, 0.3) is 0 Å². The highest BCUT2D eigenvalue weighted by Gasteiger charge is 2.15. The van der Waals surface area contributed by atoms with Crippen molar-refractivity contribution in [1.29, 1.82) is 0 Å². The lowest BCUT2D eigenvalue weighted by Gasteiger charge is -2.13. The van der Waals surface area contributed by atoms with Gasteiger partial charge >= 0.3 is 11.9 Å². The van der Waals surface area contributed by atoms with Gasteiger partial charge in [-0.25, -0.2) is 0 Å². The molecule has 0 radical (unpaired) electrons. The summed E-state index contributed by atoms with van der Waals surface area (Å²) in [5.41, 5.74) is 0. The van der Waals surface area contributed by atoms with Crippen molar-refractivity contribution in [2.45, 2.75) is 124 Å². The number of esters is 2. The zero-order valence-electron chi connectivity index (χ0n) is 21.3. The zero-order chi connectivity index (χ0) is 24.2. The molecule has 5 nitrogen and oxygen atoms in total. The van der Waals surface area contributed by atoms with E-state index in [9.17, 15) is 9.59 Å². The summed E-state index contributed by atoms with van der Waals surface area (Å²) in [6, 6.07) is 5.10. The number of hydrogen-bond donors (Lipinski definition) is 0. The summed E-state index contributed by atoms with van der Waals surface area (Å²) in [7, 11) is 0. The highest BCUT2D eigenvalue weighted by atomic mass is 16.6. The number of unbranched alkanes of at least 4 members (excludes halogenated alkanes) is 11. The number of carbonyl (C=O) groups excluding carboxylic acids is 2. The number of rotatable bonds is 20. The Bertz CT molecular complexity index is 656. The Labute approximate surface area is 201 Å². The summed E-state index contributed by atoms with van der Waals surface area (Å²) < 4.78 is 17.0. The molecule has 0 N–H and O–H groups in total. The molecule has 0 amide bonds. The first-order valence-electron chi connectivity index (χ1n) is 13.3. The van der Waals surface area contributed by atoms with Gasteiger partial charge in [-0.05, 0) is 31.4 Å². The Kier molecular flexibility index (Phi) is 17.1. The molecule has 0 saturated carbocycles. The molecule has 0 bridgehead atoms. The smallest absolute Gasteiger partial charge is 0.311 e. The lowest BCUT2D eigenvalue weighted by atomic mass is 10.1. The van der Waals surface area contributed by atoms with Gasteiger partial charge in [-0.15, -0.1) is 0 Å². The minimum atomic E-state index is -0.302. The molecule has 0 atom stereocenters. The molecule has 0 aliphatic heterocycles. The van der Waals surface area contributed by atoms with Gasteiger partial charge in [-0.1, -0.05) is 91.4 Å². The molecule has 0 fully saturated rings. The monoisotopic (exact) mass is 462 g/mol. The maximum absolute atomic E-state index is 12.4. The van der Waals surface area contributed by atoms with Crippen molar-refractivity contribution in [2.75, 3.05) is 6.61 Å². The standard InChI is InChI=1S/C28H46O5/c1-4-7-10-13-15-18-27(29)32-25-21-20-24(31-22-17-12-9-6-3)23-26(25)33-28(30)19-16-14-11-8-5-2/h20-21,23H,4-19,22H2,1-3H3. The summed E-state index contributed by atoms with van der Waals surface area (Å²) >= 11 is 0. The van der Waals surface area contributed by atoms with Gasteiger partial charge in [0, 0.05) is 18.9 Å². The molecule has 0 saturated heterocycles. The number of benzene rings is 1. The van der Waals surface area contributed by atoms with Crippen molar-refractivity contribution < 1.29 is 23.8 Å². The van der Waals surface area contributed by atoms with E-state index in [4.69, 9.17) is 14.2 Å². The zero-order valence-corrected chi connectivity index (χ0v) is 21.3. The molecular weight excluding hydrogens is 416 g/mol. The van der Waals surface area contributed by atoms with Crippen LogP contribution in [-0.2, 0) is 9.59 Å². The van der Waals surface area contributed by atoms with Crippen molar-refractivity contribution in [3.8, 4) is 17.2 Å². The number of carbonyl (C=O) groups is 2. The van der Waals surface area contributed by atoms with E-state index in [0.29, 0.717) is 25.2 Å². The van der Waals surface area contributed by atoms with Crippen LogP contribution in [0.3, 0.4) is 0 Å². The molecule has 1 rings (SSSR count). The van der Waals surface area contributed by atoms with E-state index in [1.54, 1.807) is 18.2 Å². The molecule has 5 heteroatoms. The SMILES string of the molecule is CCCCCCCC(=O)Oc1ccc(OCCCCCC)cc1OC(=O)CCCCCCC. The van der Waals surface area contributed by atoms with Crippen LogP contribution in [0.1, 0.15) is 124 Å². The third kappa shape index (κ3) is 14.7. The average molecular weight is 463 g/mol. The van der Waals surface area contributed by atoms with Crippen LogP contribution in [-0.4, -0.2) is 18.5 Å². The predicted octanol–water partition coefficient (Wildman–Crippen LogP) is 8.18. The average Bonchev–Trinajstić information content (AvgIpc) is 2.80. The van der Waals surface area contributed by atoms with Crippen molar-refractivity contribution in [1.82, 2.24) is 0 Å². The van der Waals surface area contributed by atoms with E-state index in [1.807, 2.05) is 0 Å². The summed E-state index contributed by atoms with van der Waals surface area (Å²) in [6.45, 7) is 7.13. The predicted molar refractivity (Wildman–Crippen MR) is 134 cm³/mol. The molecular formula is C28H46O5. The third-order valence-electron chi connectivity index (χ3n) is 5.60. The Morgan fingerprint density at radius 1 is 0.606 bits per heavy atom. The molecule has 188 valence electrons. The second kappa shape index (κ2) is 19.4. The molecule has 0 aliphatic carbocycles. The lowest BCUT2D eigenvalue weighted by Crippen LogP contribution is -2.12. The van der Waals surface area contributed by atoms with Gasteiger partial charge in [0.05, 0.1) is 6.61 Å². The Hall–Kier alpha value is -2.04. The van der Waals surface area contributed by atoms with Crippen LogP contribution in [0, 0.1) is 0 Å². The van der Waals surface area contributed by atoms with E-state index in [1.165, 1.54) is 38.5 Å². The molecule has 0 aromatic heterocycles. The molecule has 0 heterocycles. The van der Waals surface area contributed by atoms with Crippen LogP contribution >= 0.6 is 0 Å². The van der Waals surface area contributed by atoms with Crippen LogP contribution in [0.2, 0.25) is 0 Å². The van der Waals surface area contributed by atoms with Gasteiger partial charge in [-0.3, -0.25) is 9.59 Å². The van der Waals surface area contributed by atoms with Crippen LogP contribution in [0.5, 0.6) is 17.2 Å². The quantitative estimate of drug-likeness (QED) is 0.111. The number of hydrogen-bond acceptors (Lipinski definition) is 5. The Morgan fingerprint density at radius 3 is 1.64 bits per heavy atom. The summed E-state index contributed by atoms with van der Waals surface area (Å²) in [4.78, 5) is 24.7.